The van der Waals surface area contributed by atoms with Gasteiger partial charge in [0, 0.05) is 25.7 Å². The minimum absolute atomic E-state index is 0.136. The van der Waals surface area contributed by atoms with Crippen molar-refractivity contribution in [2.45, 2.75) is 56.3 Å². The molecule has 0 bridgehead atoms. The molecule has 1 fully saturated rings. The lowest BCUT2D eigenvalue weighted by molar-refractivity contribution is 0.101. The Hall–Kier alpha value is -3.11. The third-order valence-electron chi connectivity index (χ3n) is 6.84. The largest absolute Gasteiger partial charge is 0.494 e. The first kappa shape index (κ1) is 29.9. The van der Waals surface area contributed by atoms with Crippen LogP contribution in [0.3, 0.4) is 0 Å². The Morgan fingerprint density at radius 2 is 1.48 bits per heavy atom. The first-order valence-electron chi connectivity index (χ1n) is 14.0. The molecule has 40 heavy (non-hydrogen) atoms. The highest BCUT2D eigenvalue weighted by molar-refractivity contribution is 7.89. The zero-order chi connectivity index (χ0) is 28.2. The van der Waals surface area contributed by atoms with Crippen molar-refractivity contribution < 1.29 is 27.7 Å². The van der Waals surface area contributed by atoms with E-state index >= 15 is 0 Å². The summed E-state index contributed by atoms with van der Waals surface area (Å²) in [5.41, 5.74) is 1.10. The Labute approximate surface area is 237 Å². The standard InChI is InChI=1S/C31H40N2O6S/c1-2-3-21-37-28-13-15-31(16-14-28)40(35,36)33-19-17-26(18-20-33)32-22-27(34)24-39-30-11-9-29(10-12-30)38-23-25-7-5-4-6-8-25/h4-16,26-27,32,34H,2-3,17-24H2,1H3. The van der Waals surface area contributed by atoms with Gasteiger partial charge >= 0.3 is 0 Å². The molecule has 1 saturated heterocycles. The van der Waals surface area contributed by atoms with Gasteiger partial charge in [-0.1, -0.05) is 43.7 Å². The quantitative estimate of drug-likeness (QED) is 0.258. The molecule has 0 saturated carbocycles. The van der Waals surface area contributed by atoms with Crippen LogP contribution in [0.4, 0.5) is 0 Å². The van der Waals surface area contributed by atoms with Crippen molar-refractivity contribution in [1.82, 2.24) is 9.62 Å². The third kappa shape index (κ3) is 8.96. The first-order chi connectivity index (χ1) is 19.4. The summed E-state index contributed by atoms with van der Waals surface area (Å²) in [6.45, 7) is 4.61. The number of hydrogen-bond donors (Lipinski definition) is 2. The molecule has 0 radical (unpaired) electrons. The van der Waals surface area contributed by atoms with Crippen LogP contribution in [0.5, 0.6) is 17.2 Å². The van der Waals surface area contributed by atoms with Crippen LogP contribution in [0.1, 0.15) is 38.2 Å². The first-order valence-corrected chi connectivity index (χ1v) is 15.4. The number of piperidine rings is 1. The van der Waals surface area contributed by atoms with Crippen LogP contribution < -0.4 is 19.5 Å². The summed E-state index contributed by atoms with van der Waals surface area (Å²) < 4.78 is 44.8. The van der Waals surface area contributed by atoms with Crippen LogP contribution in [0, 0.1) is 0 Å². The van der Waals surface area contributed by atoms with E-state index in [2.05, 4.69) is 12.2 Å². The smallest absolute Gasteiger partial charge is 0.243 e. The van der Waals surface area contributed by atoms with Crippen molar-refractivity contribution in [3.8, 4) is 17.2 Å². The fourth-order valence-electron chi connectivity index (χ4n) is 4.42. The lowest BCUT2D eigenvalue weighted by Gasteiger charge is -2.32. The van der Waals surface area contributed by atoms with Gasteiger partial charge in [-0.3, -0.25) is 0 Å². The summed E-state index contributed by atoms with van der Waals surface area (Å²) in [5.74, 6) is 2.09. The van der Waals surface area contributed by atoms with E-state index in [-0.39, 0.29) is 17.5 Å². The number of rotatable bonds is 15. The average molecular weight is 569 g/mol. The normalized spacial score (nSPS) is 15.4. The zero-order valence-electron chi connectivity index (χ0n) is 23.1. The fraction of sp³-hybridized carbons (Fsp3) is 0.419. The van der Waals surface area contributed by atoms with E-state index in [1.54, 1.807) is 24.3 Å². The molecule has 1 aliphatic heterocycles. The van der Waals surface area contributed by atoms with Gasteiger partial charge in [0.05, 0.1) is 11.5 Å². The molecule has 0 aliphatic carbocycles. The third-order valence-corrected chi connectivity index (χ3v) is 8.75. The van der Waals surface area contributed by atoms with Gasteiger partial charge in [0.1, 0.15) is 36.6 Å². The Bertz CT molecular complexity index is 1250. The summed E-state index contributed by atoms with van der Waals surface area (Å²) in [6, 6.07) is 24.1. The molecule has 3 aromatic carbocycles. The summed E-state index contributed by atoms with van der Waals surface area (Å²) in [6.07, 6.45) is 2.68. The number of unbranched alkanes of at least 4 members (excludes halogenated alkanes) is 1. The van der Waals surface area contributed by atoms with Crippen molar-refractivity contribution in [2.75, 3.05) is 32.8 Å². The second kappa shape index (κ2) is 15.0. The highest BCUT2D eigenvalue weighted by atomic mass is 32.2. The van der Waals surface area contributed by atoms with Crippen LogP contribution in [0.2, 0.25) is 0 Å². The highest BCUT2D eigenvalue weighted by Gasteiger charge is 2.29. The number of benzene rings is 3. The molecule has 0 spiro atoms. The topological polar surface area (TPSA) is 97.3 Å². The molecular weight excluding hydrogens is 528 g/mol. The van der Waals surface area contributed by atoms with Crippen LogP contribution in [0.25, 0.3) is 0 Å². The zero-order valence-corrected chi connectivity index (χ0v) is 23.9. The van der Waals surface area contributed by atoms with E-state index in [1.807, 2.05) is 54.6 Å². The molecule has 0 aromatic heterocycles. The van der Waals surface area contributed by atoms with Gasteiger partial charge in [0.25, 0.3) is 0 Å². The average Bonchev–Trinajstić information content (AvgIpc) is 2.99. The summed E-state index contributed by atoms with van der Waals surface area (Å²) in [4.78, 5) is 0.283. The maximum Gasteiger partial charge on any atom is 0.243 e. The summed E-state index contributed by atoms with van der Waals surface area (Å²) in [7, 11) is -3.55. The van der Waals surface area contributed by atoms with Crippen LogP contribution in [-0.2, 0) is 16.6 Å². The van der Waals surface area contributed by atoms with Gasteiger partial charge < -0.3 is 24.6 Å². The van der Waals surface area contributed by atoms with Gasteiger partial charge in [-0.2, -0.15) is 4.31 Å². The molecule has 1 unspecified atom stereocenters. The van der Waals surface area contributed by atoms with Gasteiger partial charge in [-0.15, -0.1) is 0 Å². The minimum atomic E-state index is -3.55. The van der Waals surface area contributed by atoms with Gasteiger partial charge in [-0.25, -0.2) is 8.42 Å². The molecule has 216 valence electrons. The number of aliphatic hydroxyl groups excluding tert-OH is 1. The number of sulfonamides is 1. The molecule has 2 N–H and O–H groups in total. The van der Waals surface area contributed by atoms with E-state index < -0.39 is 16.1 Å². The van der Waals surface area contributed by atoms with Crippen molar-refractivity contribution >= 4 is 10.0 Å². The molecule has 4 rings (SSSR count). The van der Waals surface area contributed by atoms with Gasteiger partial charge in [0.2, 0.25) is 10.0 Å². The Morgan fingerprint density at radius 1 is 0.875 bits per heavy atom. The Kier molecular flexibility index (Phi) is 11.2. The summed E-state index contributed by atoms with van der Waals surface area (Å²) >= 11 is 0. The molecule has 1 atom stereocenters. The Balaban J connectivity index is 1.14. The predicted molar refractivity (Wildman–Crippen MR) is 155 cm³/mol. The van der Waals surface area contributed by atoms with E-state index in [0.717, 1.165) is 24.2 Å². The van der Waals surface area contributed by atoms with E-state index in [1.165, 1.54) is 4.31 Å². The second-order valence-corrected chi connectivity index (χ2v) is 11.9. The van der Waals surface area contributed by atoms with Crippen LogP contribution in [-0.4, -0.2) is 62.8 Å². The van der Waals surface area contributed by atoms with Gasteiger partial charge in [0.15, 0.2) is 0 Å². The molecule has 9 heteroatoms. The highest BCUT2D eigenvalue weighted by Crippen LogP contribution is 2.23. The second-order valence-electron chi connectivity index (χ2n) is 9.97. The minimum Gasteiger partial charge on any atom is -0.494 e. The van der Waals surface area contributed by atoms with Crippen LogP contribution >= 0.6 is 0 Å². The number of ether oxygens (including phenoxy) is 3. The van der Waals surface area contributed by atoms with Crippen LogP contribution in [0.15, 0.2) is 83.8 Å². The molecule has 1 heterocycles. The van der Waals surface area contributed by atoms with Crippen molar-refractivity contribution in [3.05, 3.63) is 84.4 Å². The molecule has 1 aliphatic rings. The molecular formula is C31H40N2O6S. The van der Waals surface area contributed by atoms with Gasteiger partial charge in [-0.05, 0) is 73.4 Å². The number of nitrogens with one attached hydrogen (secondary N) is 1. The number of nitrogens with zero attached hydrogens (tertiary/aromatic N) is 1. The monoisotopic (exact) mass is 568 g/mol. The molecule has 3 aromatic rings. The van der Waals surface area contributed by atoms with E-state index in [0.29, 0.717) is 57.2 Å². The fourth-order valence-corrected chi connectivity index (χ4v) is 5.89. The maximum atomic E-state index is 13.1. The maximum absolute atomic E-state index is 13.1. The molecule has 0 amide bonds. The lowest BCUT2D eigenvalue weighted by atomic mass is 10.1. The SMILES string of the molecule is CCCCOc1ccc(S(=O)(=O)N2CCC(NCC(O)COc3ccc(OCc4ccccc4)cc3)CC2)cc1. The Morgan fingerprint density at radius 3 is 2.12 bits per heavy atom. The predicted octanol–water partition coefficient (Wildman–Crippen LogP) is 4.63. The van der Waals surface area contributed by atoms with Crippen molar-refractivity contribution in [2.24, 2.45) is 0 Å². The number of aliphatic hydroxyl groups is 1. The number of hydrogen-bond acceptors (Lipinski definition) is 7. The van der Waals surface area contributed by atoms with E-state index in [4.69, 9.17) is 14.2 Å². The molecule has 8 nitrogen and oxygen atoms in total. The lowest BCUT2D eigenvalue weighted by Crippen LogP contribution is -2.47. The summed E-state index contributed by atoms with van der Waals surface area (Å²) in [5, 5.41) is 13.8. The van der Waals surface area contributed by atoms with Crippen molar-refractivity contribution in [1.29, 1.82) is 0 Å². The van der Waals surface area contributed by atoms with Crippen molar-refractivity contribution in [3.63, 3.8) is 0 Å². The van der Waals surface area contributed by atoms with E-state index in [9.17, 15) is 13.5 Å².